The molecule has 2 heteroatoms. The van der Waals surface area contributed by atoms with E-state index in [4.69, 9.17) is 9.97 Å². The molecule has 7 aromatic carbocycles. The zero-order valence-corrected chi connectivity index (χ0v) is 31.9. The molecule has 2 aromatic heterocycles. The molecule has 11 rings (SSSR count). The fourth-order valence-electron chi connectivity index (χ4n) is 9.55. The highest BCUT2D eigenvalue weighted by Crippen LogP contribution is 2.51. The van der Waals surface area contributed by atoms with Crippen LogP contribution >= 0.6 is 0 Å². The molecule has 2 aliphatic rings. The van der Waals surface area contributed by atoms with Gasteiger partial charge < -0.3 is 0 Å². The van der Waals surface area contributed by atoms with Crippen molar-refractivity contribution in [3.8, 4) is 67.0 Å². The predicted octanol–water partition coefficient (Wildman–Crippen LogP) is 13.7. The second-order valence-corrected chi connectivity index (χ2v) is 16.4. The first-order valence-corrected chi connectivity index (χ1v) is 19.5. The van der Waals surface area contributed by atoms with Crippen molar-refractivity contribution >= 4 is 21.8 Å². The fraction of sp³-hybridized carbons (Fsp3) is 0.111. The van der Waals surface area contributed by atoms with Gasteiger partial charge in [-0.1, -0.05) is 161 Å². The normalized spacial score (nSPS) is 14.2. The minimum atomic E-state index is -0.162. The molecule has 0 N–H and O–H groups in total. The summed E-state index contributed by atoms with van der Waals surface area (Å²) < 4.78 is 0. The molecule has 0 bridgehead atoms. The zero-order valence-electron chi connectivity index (χ0n) is 31.9. The number of benzene rings is 6. The van der Waals surface area contributed by atoms with Gasteiger partial charge in [-0.2, -0.15) is 0 Å². The van der Waals surface area contributed by atoms with E-state index in [1.807, 2.05) is 6.07 Å². The van der Waals surface area contributed by atoms with E-state index in [0.29, 0.717) is 0 Å². The predicted molar refractivity (Wildman–Crippen MR) is 232 cm³/mol. The minimum absolute atomic E-state index is 0.114. The molecule has 0 aliphatic heterocycles. The minimum Gasteiger partial charge on any atom is -0.245 e. The summed E-state index contributed by atoms with van der Waals surface area (Å²) in [5.74, 6) is 0. The number of aromatic nitrogens is 2. The van der Waals surface area contributed by atoms with Crippen LogP contribution in [-0.2, 0) is 10.8 Å². The first-order chi connectivity index (χ1) is 27.3. The first-order valence-electron chi connectivity index (χ1n) is 19.5. The second-order valence-electron chi connectivity index (χ2n) is 16.4. The van der Waals surface area contributed by atoms with Gasteiger partial charge in [-0.3, -0.25) is 0 Å². The molecular weight excluding hydrogens is 677 g/mol. The molecule has 0 saturated carbocycles. The second kappa shape index (κ2) is 11.8. The maximum atomic E-state index is 5.59. The summed E-state index contributed by atoms with van der Waals surface area (Å²) in [7, 11) is 0. The quantitative estimate of drug-likeness (QED) is 0.170. The summed E-state index contributed by atoms with van der Waals surface area (Å²) in [6.45, 7) is 9.29. The van der Waals surface area contributed by atoms with Gasteiger partial charge >= 0.3 is 0 Å². The van der Waals surface area contributed by atoms with Gasteiger partial charge in [0.05, 0.1) is 22.4 Å². The van der Waals surface area contributed by atoms with Crippen LogP contribution < -0.4 is 0 Å². The van der Waals surface area contributed by atoms with Gasteiger partial charge in [0.1, 0.15) is 0 Å². The Balaban J connectivity index is 1.18. The van der Waals surface area contributed by atoms with Crippen LogP contribution in [0.15, 0.2) is 158 Å². The lowest BCUT2D eigenvalue weighted by Gasteiger charge is -2.22. The molecule has 264 valence electrons. The van der Waals surface area contributed by atoms with Crippen molar-refractivity contribution in [2.75, 3.05) is 0 Å². The molecular formula is C54H38N2. The van der Waals surface area contributed by atoms with Gasteiger partial charge in [-0.05, 0) is 97.6 Å². The molecule has 0 saturated heterocycles. The van der Waals surface area contributed by atoms with Crippen molar-refractivity contribution in [1.82, 2.24) is 9.97 Å². The SMILES string of the molecule is CC1(C)c2ccc#cc2-c2ccc(-c3cc(-c4ccccc4)c4ccc5c(-c6ccccc6)cc(-c6ccc7c(c6)C(C)(C)c6ccccc6-7)nc5c4n3)cc21. The molecule has 2 nitrogen and oxygen atoms in total. The Kier molecular flexibility index (Phi) is 6.89. The summed E-state index contributed by atoms with van der Waals surface area (Å²) in [6.07, 6.45) is 0. The Morgan fingerprint density at radius 2 is 0.893 bits per heavy atom. The number of fused-ring (bicyclic) bond motifs is 9. The number of pyridine rings is 2. The third-order valence-electron chi connectivity index (χ3n) is 12.5. The van der Waals surface area contributed by atoms with Gasteiger partial charge in [0.2, 0.25) is 0 Å². The lowest BCUT2D eigenvalue weighted by Crippen LogP contribution is -2.14. The summed E-state index contributed by atoms with van der Waals surface area (Å²) in [5, 5.41) is 2.17. The topological polar surface area (TPSA) is 25.8 Å². The van der Waals surface area contributed by atoms with Gasteiger partial charge in [-0.15, -0.1) is 0 Å². The van der Waals surface area contributed by atoms with Gasteiger partial charge in [0.15, 0.2) is 0 Å². The van der Waals surface area contributed by atoms with E-state index >= 15 is 0 Å². The third-order valence-corrected chi connectivity index (χ3v) is 12.5. The van der Waals surface area contributed by atoms with Gasteiger partial charge in [0, 0.05) is 38.3 Å². The number of rotatable bonds is 4. The van der Waals surface area contributed by atoms with Crippen molar-refractivity contribution in [1.29, 1.82) is 0 Å². The number of nitrogens with zero attached hydrogens (tertiary/aromatic N) is 2. The monoisotopic (exact) mass is 714 g/mol. The molecule has 0 atom stereocenters. The molecule has 0 radical (unpaired) electrons. The summed E-state index contributed by atoms with van der Waals surface area (Å²) >= 11 is 0. The standard InChI is InChI=1S/C54H38N2/c1-53(2)45-21-13-11-19-37(45)39-25-23-35(29-47(39)53)49-31-43(33-15-7-5-8-16-33)41-27-28-42-44(34-17-9-6-10-18-34)32-50(56-52(42)51(41)55-49)36-24-26-40-38-20-12-14-22-46(38)54(3,4)48(40)30-36/h5-11,13-19,21-32H,1-4H3. The zero-order chi connectivity index (χ0) is 37.8. The molecule has 56 heavy (non-hydrogen) atoms. The Labute approximate surface area is 328 Å². The molecule has 0 amide bonds. The van der Waals surface area contributed by atoms with Crippen LogP contribution in [0.5, 0.6) is 0 Å². The average Bonchev–Trinajstić information content (AvgIpc) is 3.62. The average molecular weight is 715 g/mol. The Hall–Kier alpha value is -6.82. The maximum Gasteiger partial charge on any atom is 0.0978 e. The summed E-state index contributed by atoms with van der Waals surface area (Å²) in [5.41, 5.74) is 20.5. The van der Waals surface area contributed by atoms with E-state index in [2.05, 4.69) is 191 Å². The Morgan fingerprint density at radius 3 is 1.50 bits per heavy atom. The van der Waals surface area contributed by atoms with Gasteiger partial charge in [-0.25, -0.2) is 9.97 Å². The van der Waals surface area contributed by atoms with E-state index in [1.165, 1.54) is 38.9 Å². The lowest BCUT2D eigenvalue weighted by molar-refractivity contribution is 0.660. The van der Waals surface area contributed by atoms with Crippen LogP contribution in [0.4, 0.5) is 0 Å². The molecule has 9 aromatic rings. The largest absolute Gasteiger partial charge is 0.245 e. The highest BCUT2D eigenvalue weighted by Gasteiger charge is 2.37. The van der Waals surface area contributed by atoms with E-state index in [9.17, 15) is 0 Å². The lowest BCUT2D eigenvalue weighted by atomic mass is 9.81. The van der Waals surface area contributed by atoms with Crippen molar-refractivity contribution < 1.29 is 0 Å². The highest BCUT2D eigenvalue weighted by molar-refractivity contribution is 6.13. The van der Waals surface area contributed by atoms with Crippen LogP contribution in [0.1, 0.15) is 49.9 Å². The molecule has 0 unspecified atom stereocenters. The van der Waals surface area contributed by atoms with Crippen LogP contribution in [0.2, 0.25) is 0 Å². The fourth-order valence-corrected chi connectivity index (χ4v) is 9.55. The van der Waals surface area contributed by atoms with Crippen LogP contribution in [0.25, 0.3) is 88.8 Å². The Bertz CT molecular complexity index is 2850. The molecule has 0 fully saturated rings. The van der Waals surface area contributed by atoms with Crippen LogP contribution in [-0.4, -0.2) is 9.97 Å². The van der Waals surface area contributed by atoms with Crippen LogP contribution in [0, 0.1) is 12.1 Å². The summed E-state index contributed by atoms with van der Waals surface area (Å²) in [4.78, 5) is 11.2. The van der Waals surface area contributed by atoms with E-state index in [-0.39, 0.29) is 10.8 Å². The number of hydrogen-bond donors (Lipinski definition) is 0. The highest BCUT2D eigenvalue weighted by atomic mass is 14.8. The van der Waals surface area contributed by atoms with E-state index < -0.39 is 0 Å². The third kappa shape index (κ3) is 4.71. The maximum absolute atomic E-state index is 5.59. The first kappa shape index (κ1) is 32.6. The van der Waals surface area contributed by atoms with Crippen molar-refractivity contribution in [3.05, 3.63) is 192 Å². The van der Waals surface area contributed by atoms with Crippen molar-refractivity contribution in [2.45, 2.75) is 38.5 Å². The van der Waals surface area contributed by atoms with E-state index in [0.717, 1.165) is 72.1 Å². The number of hydrogen-bond acceptors (Lipinski definition) is 2. The Morgan fingerprint density at radius 1 is 0.393 bits per heavy atom. The smallest absolute Gasteiger partial charge is 0.0978 e. The van der Waals surface area contributed by atoms with Crippen LogP contribution in [0.3, 0.4) is 0 Å². The van der Waals surface area contributed by atoms with E-state index in [1.54, 1.807) is 0 Å². The molecule has 2 aliphatic carbocycles. The molecule has 2 heterocycles. The van der Waals surface area contributed by atoms with Gasteiger partial charge in [0.25, 0.3) is 0 Å². The molecule has 0 spiro atoms. The van der Waals surface area contributed by atoms with Crippen molar-refractivity contribution in [3.63, 3.8) is 0 Å². The van der Waals surface area contributed by atoms with Crippen molar-refractivity contribution in [2.24, 2.45) is 0 Å². The summed E-state index contributed by atoms with van der Waals surface area (Å²) in [6, 6.07) is 63.7.